The molecule has 2 N–H and O–H groups in total. The molecule has 156 valence electrons. The fraction of sp³-hybridized carbons (Fsp3) is 0.500. The number of likely N-dealkylation sites (N-methyl/N-ethyl adjacent to an activating group) is 1. The average molecular weight is 418 g/mol. The quantitative estimate of drug-likeness (QED) is 0.546. The fourth-order valence-corrected chi connectivity index (χ4v) is 3.83. The molecule has 1 aliphatic heterocycles. The predicted octanol–water partition coefficient (Wildman–Crippen LogP) is 2.35. The van der Waals surface area contributed by atoms with Gasteiger partial charge in [0.2, 0.25) is 0 Å². The van der Waals surface area contributed by atoms with Crippen molar-refractivity contribution < 1.29 is 14.4 Å². The minimum atomic E-state index is -0.795. The summed E-state index contributed by atoms with van der Waals surface area (Å²) in [6.07, 6.45) is 2.19. The predicted molar refractivity (Wildman–Crippen MR) is 113 cm³/mol. The van der Waals surface area contributed by atoms with Crippen LogP contribution in [-0.2, 0) is 4.79 Å². The van der Waals surface area contributed by atoms with Gasteiger partial charge in [-0.15, -0.1) is 0 Å². The Morgan fingerprint density at radius 3 is 2.59 bits per heavy atom. The minimum absolute atomic E-state index is 0.157. The molecule has 4 amide bonds. The summed E-state index contributed by atoms with van der Waals surface area (Å²) in [5.74, 6) is 1.10. The summed E-state index contributed by atoms with van der Waals surface area (Å²) in [6, 6.07) is 5.61. The van der Waals surface area contributed by atoms with Gasteiger partial charge in [0.1, 0.15) is 6.04 Å². The van der Waals surface area contributed by atoms with Crippen molar-refractivity contribution in [2.45, 2.75) is 26.3 Å². The summed E-state index contributed by atoms with van der Waals surface area (Å²) in [6.45, 7) is 5.27. The van der Waals surface area contributed by atoms with Crippen LogP contribution in [0, 0.1) is 17.4 Å². The van der Waals surface area contributed by atoms with E-state index >= 15 is 0 Å². The van der Waals surface area contributed by atoms with Crippen molar-refractivity contribution in [1.82, 2.24) is 15.1 Å². The van der Waals surface area contributed by atoms with E-state index in [2.05, 4.69) is 10.6 Å². The van der Waals surface area contributed by atoms with E-state index in [9.17, 15) is 14.4 Å². The Bertz CT molecular complexity index is 787. The first-order chi connectivity index (χ1) is 13.8. The molecule has 0 bridgehead atoms. The number of nitrogens with one attached hydrogen (secondary N) is 2. The van der Waals surface area contributed by atoms with Gasteiger partial charge in [-0.05, 0) is 30.5 Å². The molecule has 1 saturated heterocycles. The maximum atomic E-state index is 12.7. The normalized spacial score (nSPS) is 14.7. The van der Waals surface area contributed by atoms with Gasteiger partial charge in [-0.1, -0.05) is 19.9 Å². The van der Waals surface area contributed by atoms with Crippen LogP contribution < -0.4 is 10.6 Å². The third-order valence-corrected chi connectivity index (χ3v) is 5.41. The molecule has 1 aromatic carbocycles. The Balaban J connectivity index is 2.07. The van der Waals surface area contributed by atoms with E-state index in [0.29, 0.717) is 30.8 Å². The monoisotopic (exact) mass is 417 g/mol. The average Bonchev–Trinajstić information content (AvgIpc) is 2.72. The zero-order valence-electron chi connectivity index (χ0n) is 17.0. The van der Waals surface area contributed by atoms with Crippen LogP contribution in [0.15, 0.2) is 24.3 Å². The highest BCUT2D eigenvalue weighted by molar-refractivity contribution is 7.99. The van der Waals surface area contributed by atoms with E-state index in [1.165, 1.54) is 7.05 Å². The van der Waals surface area contributed by atoms with Crippen molar-refractivity contribution >= 4 is 35.3 Å². The van der Waals surface area contributed by atoms with Crippen molar-refractivity contribution in [1.29, 1.82) is 5.26 Å². The molecule has 9 heteroatoms. The molecule has 1 fully saturated rings. The largest absolute Gasteiger partial charge is 0.340 e. The second-order valence-corrected chi connectivity index (χ2v) is 8.49. The van der Waals surface area contributed by atoms with Crippen LogP contribution in [0.2, 0.25) is 0 Å². The first kappa shape index (κ1) is 22.6. The van der Waals surface area contributed by atoms with Crippen molar-refractivity contribution in [2.75, 3.05) is 37.0 Å². The molecule has 1 heterocycles. The number of urea groups is 1. The molecule has 1 unspecified atom stereocenters. The van der Waals surface area contributed by atoms with E-state index in [-0.39, 0.29) is 11.9 Å². The van der Waals surface area contributed by atoms with E-state index in [1.54, 1.807) is 35.4 Å². The zero-order valence-corrected chi connectivity index (χ0v) is 17.8. The number of nitriles is 1. The van der Waals surface area contributed by atoms with Crippen LogP contribution in [0.25, 0.3) is 0 Å². The highest BCUT2D eigenvalue weighted by Gasteiger charge is 2.25. The molecule has 1 aromatic rings. The first-order valence-electron chi connectivity index (χ1n) is 9.53. The van der Waals surface area contributed by atoms with Gasteiger partial charge in [-0.2, -0.15) is 17.0 Å². The second kappa shape index (κ2) is 10.7. The first-order valence-corrected chi connectivity index (χ1v) is 10.7. The lowest BCUT2D eigenvalue weighted by atomic mass is 10.0. The number of rotatable bonds is 6. The van der Waals surface area contributed by atoms with Gasteiger partial charge in [-0.3, -0.25) is 14.5 Å². The van der Waals surface area contributed by atoms with Crippen LogP contribution >= 0.6 is 11.8 Å². The smallest absolute Gasteiger partial charge is 0.321 e. The van der Waals surface area contributed by atoms with Crippen molar-refractivity contribution in [3.05, 3.63) is 29.8 Å². The number of nitrogens with zero attached hydrogens (tertiary/aromatic N) is 3. The Labute approximate surface area is 175 Å². The third-order valence-electron chi connectivity index (χ3n) is 4.47. The number of hydrogen-bond acceptors (Lipinski definition) is 5. The van der Waals surface area contributed by atoms with Crippen LogP contribution in [0.1, 0.15) is 30.6 Å². The summed E-state index contributed by atoms with van der Waals surface area (Å²) in [5.41, 5.74) is 0.847. The summed E-state index contributed by atoms with van der Waals surface area (Å²) >= 11 is 1.82. The number of anilines is 1. The molecule has 0 spiro atoms. The van der Waals surface area contributed by atoms with Gasteiger partial charge in [0.25, 0.3) is 11.8 Å². The number of hydrogen-bond donors (Lipinski definition) is 2. The summed E-state index contributed by atoms with van der Waals surface area (Å²) in [4.78, 5) is 40.1. The zero-order chi connectivity index (χ0) is 21.4. The van der Waals surface area contributed by atoms with Gasteiger partial charge in [0, 0.05) is 42.9 Å². The standard InChI is InChI=1S/C20H27N5O3S/c1-14(2)11-17(19(27)24(3)13-21)23-18(26)15-5-4-6-16(12-15)22-20(28)25-7-9-29-10-8-25/h4-6,12,14,17H,7-11H2,1-3H3,(H,22,28)(H,23,26). The molecule has 0 saturated carbocycles. The van der Waals surface area contributed by atoms with Crippen molar-refractivity contribution in [3.63, 3.8) is 0 Å². The molecule has 1 aliphatic rings. The van der Waals surface area contributed by atoms with Gasteiger partial charge >= 0.3 is 6.03 Å². The second-order valence-electron chi connectivity index (χ2n) is 7.26. The fourth-order valence-electron chi connectivity index (χ4n) is 2.92. The number of carbonyl (C=O) groups excluding carboxylic acids is 3. The lowest BCUT2D eigenvalue weighted by molar-refractivity contribution is -0.129. The summed E-state index contributed by atoms with van der Waals surface area (Å²) in [5, 5.41) is 14.5. The summed E-state index contributed by atoms with van der Waals surface area (Å²) < 4.78 is 0. The lowest BCUT2D eigenvalue weighted by Crippen LogP contribution is -2.46. The maximum Gasteiger partial charge on any atom is 0.321 e. The lowest BCUT2D eigenvalue weighted by Gasteiger charge is -2.26. The van der Waals surface area contributed by atoms with Crippen LogP contribution in [0.3, 0.4) is 0 Å². The Kier molecular flexibility index (Phi) is 8.34. The Morgan fingerprint density at radius 2 is 1.97 bits per heavy atom. The van der Waals surface area contributed by atoms with Crippen LogP contribution in [-0.4, -0.2) is 65.3 Å². The Morgan fingerprint density at radius 1 is 1.28 bits per heavy atom. The third kappa shape index (κ3) is 6.68. The minimum Gasteiger partial charge on any atom is -0.340 e. The Hall–Kier alpha value is -2.73. The van der Waals surface area contributed by atoms with Crippen LogP contribution in [0.5, 0.6) is 0 Å². The highest BCUT2D eigenvalue weighted by atomic mass is 32.2. The molecule has 0 aliphatic carbocycles. The van der Waals surface area contributed by atoms with Crippen LogP contribution in [0.4, 0.5) is 10.5 Å². The highest BCUT2D eigenvalue weighted by Crippen LogP contribution is 2.15. The molecule has 29 heavy (non-hydrogen) atoms. The number of thioether (sulfide) groups is 1. The van der Waals surface area contributed by atoms with Gasteiger partial charge in [0.05, 0.1) is 0 Å². The van der Waals surface area contributed by atoms with E-state index in [4.69, 9.17) is 5.26 Å². The van der Waals surface area contributed by atoms with E-state index < -0.39 is 17.9 Å². The number of amides is 4. The molecule has 1 atom stereocenters. The molecule has 0 aromatic heterocycles. The van der Waals surface area contributed by atoms with Gasteiger partial charge < -0.3 is 15.5 Å². The maximum absolute atomic E-state index is 12.7. The molecule has 0 radical (unpaired) electrons. The molecular weight excluding hydrogens is 390 g/mol. The topological polar surface area (TPSA) is 106 Å². The summed E-state index contributed by atoms with van der Waals surface area (Å²) in [7, 11) is 1.37. The van der Waals surface area contributed by atoms with Crippen molar-refractivity contribution in [2.24, 2.45) is 5.92 Å². The number of benzene rings is 1. The molecule has 8 nitrogen and oxygen atoms in total. The SMILES string of the molecule is CC(C)CC(NC(=O)c1cccc(NC(=O)N2CCSCC2)c1)C(=O)N(C)C#N. The van der Waals surface area contributed by atoms with Crippen molar-refractivity contribution in [3.8, 4) is 6.19 Å². The molecule has 2 rings (SSSR count). The van der Waals surface area contributed by atoms with Gasteiger partial charge in [0.15, 0.2) is 6.19 Å². The van der Waals surface area contributed by atoms with Gasteiger partial charge in [-0.25, -0.2) is 4.79 Å². The van der Waals surface area contributed by atoms with E-state index in [1.807, 2.05) is 25.6 Å². The van der Waals surface area contributed by atoms with E-state index in [0.717, 1.165) is 16.4 Å². The number of carbonyl (C=O) groups is 3. The molecular formula is C20H27N5O3S.